The summed E-state index contributed by atoms with van der Waals surface area (Å²) in [4.78, 5) is 21.2. The monoisotopic (exact) mass is 172 g/mol. The van der Waals surface area contributed by atoms with Gasteiger partial charge >= 0.3 is 6.03 Å². The zero-order valence-electron chi connectivity index (χ0n) is 7.59. The van der Waals surface area contributed by atoms with Crippen LogP contribution in [0, 0.1) is 5.92 Å². The van der Waals surface area contributed by atoms with Crippen LogP contribution in [0.2, 0.25) is 0 Å². The molecule has 0 aliphatic carbocycles. The van der Waals surface area contributed by atoms with Crippen LogP contribution in [0.3, 0.4) is 0 Å². The van der Waals surface area contributed by atoms with Gasteiger partial charge in [-0.3, -0.25) is 10.1 Å². The Hall–Kier alpha value is -1.06. The number of primary amides is 1. The minimum atomic E-state index is -0.772. The molecule has 0 aromatic rings. The molecule has 0 radical (unpaired) electrons. The van der Waals surface area contributed by atoms with Crippen LogP contribution in [0.1, 0.15) is 33.1 Å². The smallest absolute Gasteiger partial charge is 0.318 e. The lowest BCUT2D eigenvalue weighted by atomic mass is 9.99. The van der Waals surface area contributed by atoms with Gasteiger partial charge in [-0.15, -0.1) is 0 Å². The van der Waals surface area contributed by atoms with Crippen molar-refractivity contribution < 1.29 is 9.59 Å². The number of imide groups is 1. The Kier molecular flexibility index (Phi) is 5.08. The molecule has 0 bridgehead atoms. The Morgan fingerprint density at radius 2 is 1.83 bits per heavy atom. The van der Waals surface area contributed by atoms with Gasteiger partial charge in [0.1, 0.15) is 0 Å². The molecule has 3 amide bonds. The van der Waals surface area contributed by atoms with E-state index in [-0.39, 0.29) is 5.91 Å². The van der Waals surface area contributed by atoms with Crippen LogP contribution in [-0.4, -0.2) is 11.9 Å². The molecule has 0 atom stereocenters. The van der Waals surface area contributed by atoms with E-state index in [0.717, 1.165) is 12.8 Å². The molecule has 70 valence electrons. The van der Waals surface area contributed by atoms with E-state index in [4.69, 9.17) is 5.73 Å². The van der Waals surface area contributed by atoms with Crippen molar-refractivity contribution in [1.82, 2.24) is 5.32 Å². The number of carbonyl (C=O) groups excluding carboxylic acids is 2. The summed E-state index contributed by atoms with van der Waals surface area (Å²) >= 11 is 0. The average molecular weight is 172 g/mol. The first-order valence-corrected chi connectivity index (χ1v) is 4.19. The predicted octanol–water partition coefficient (Wildman–Crippen LogP) is 1.01. The fraction of sp³-hybridized carbons (Fsp3) is 0.750. The Balaban J connectivity index is 3.74. The lowest BCUT2D eigenvalue weighted by molar-refractivity contribution is -0.120. The number of carbonyl (C=O) groups is 2. The molecule has 3 N–H and O–H groups in total. The van der Waals surface area contributed by atoms with Gasteiger partial charge in [-0.05, 0) is 5.92 Å². The molecule has 0 fully saturated rings. The second kappa shape index (κ2) is 5.57. The quantitative estimate of drug-likeness (QED) is 0.664. The van der Waals surface area contributed by atoms with E-state index >= 15 is 0 Å². The van der Waals surface area contributed by atoms with Gasteiger partial charge in [-0.2, -0.15) is 0 Å². The van der Waals surface area contributed by atoms with Gasteiger partial charge in [0.15, 0.2) is 0 Å². The maximum atomic E-state index is 11.0. The third-order valence-corrected chi connectivity index (χ3v) is 1.89. The van der Waals surface area contributed by atoms with Crippen molar-refractivity contribution in [3.8, 4) is 0 Å². The number of amides is 3. The Morgan fingerprint density at radius 1 is 1.33 bits per heavy atom. The Bertz CT molecular complexity index is 164. The van der Waals surface area contributed by atoms with Gasteiger partial charge in [-0.1, -0.05) is 26.7 Å². The second-order valence-electron chi connectivity index (χ2n) is 2.80. The van der Waals surface area contributed by atoms with Gasteiger partial charge in [0, 0.05) is 6.42 Å². The van der Waals surface area contributed by atoms with E-state index in [9.17, 15) is 9.59 Å². The summed E-state index contributed by atoms with van der Waals surface area (Å²) in [5.74, 6) is 0.0700. The standard InChI is InChI=1S/C8H16N2O2/c1-3-6(4-2)5-7(11)10-8(9)12/h6H,3-5H2,1-2H3,(H3,9,10,11,12). The van der Waals surface area contributed by atoms with Crippen molar-refractivity contribution in [2.24, 2.45) is 11.7 Å². The maximum Gasteiger partial charge on any atom is 0.318 e. The van der Waals surface area contributed by atoms with Gasteiger partial charge in [0.25, 0.3) is 0 Å². The largest absolute Gasteiger partial charge is 0.351 e. The number of urea groups is 1. The highest BCUT2D eigenvalue weighted by Crippen LogP contribution is 2.11. The summed E-state index contributed by atoms with van der Waals surface area (Å²) in [6, 6.07) is -0.772. The number of nitrogens with two attached hydrogens (primary N) is 1. The van der Waals surface area contributed by atoms with Crippen molar-refractivity contribution in [2.75, 3.05) is 0 Å². The van der Waals surface area contributed by atoms with Crippen LogP contribution in [0.5, 0.6) is 0 Å². The first-order valence-electron chi connectivity index (χ1n) is 4.19. The molecule has 0 aromatic carbocycles. The van der Waals surface area contributed by atoms with Crippen molar-refractivity contribution in [3.63, 3.8) is 0 Å². The SMILES string of the molecule is CCC(CC)CC(=O)NC(N)=O. The molecule has 0 heterocycles. The summed E-state index contributed by atoms with van der Waals surface area (Å²) < 4.78 is 0. The van der Waals surface area contributed by atoms with Crippen LogP contribution in [0.4, 0.5) is 4.79 Å². The summed E-state index contributed by atoms with van der Waals surface area (Å²) in [6.07, 6.45) is 2.28. The third kappa shape index (κ3) is 4.71. The van der Waals surface area contributed by atoms with Gasteiger partial charge in [0.2, 0.25) is 5.91 Å². The van der Waals surface area contributed by atoms with E-state index in [0.29, 0.717) is 12.3 Å². The van der Waals surface area contributed by atoms with Gasteiger partial charge in [-0.25, -0.2) is 4.79 Å². The minimum absolute atomic E-state index is 0.281. The molecule has 0 aliphatic rings. The fourth-order valence-corrected chi connectivity index (χ4v) is 1.03. The second-order valence-corrected chi connectivity index (χ2v) is 2.80. The predicted molar refractivity (Wildman–Crippen MR) is 46.4 cm³/mol. The fourth-order valence-electron chi connectivity index (χ4n) is 1.03. The molecular formula is C8H16N2O2. The first-order chi connectivity index (χ1) is 5.60. The van der Waals surface area contributed by atoms with E-state index in [1.807, 2.05) is 19.2 Å². The molecular weight excluding hydrogens is 156 g/mol. The first kappa shape index (κ1) is 10.9. The Labute approximate surface area is 72.5 Å². The van der Waals surface area contributed by atoms with Crippen molar-refractivity contribution >= 4 is 11.9 Å². The van der Waals surface area contributed by atoms with Crippen LogP contribution >= 0.6 is 0 Å². The molecule has 0 rings (SSSR count). The summed E-state index contributed by atoms with van der Waals surface area (Å²) in [5, 5.41) is 2.04. The van der Waals surface area contributed by atoms with E-state index < -0.39 is 6.03 Å². The molecule has 0 unspecified atom stereocenters. The number of hydrogen-bond acceptors (Lipinski definition) is 2. The van der Waals surface area contributed by atoms with Crippen molar-refractivity contribution in [2.45, 2.75) is 33.1 Å². The van der Waals surface area contributed by atoms with Crippen molar-refractivity contribution in [1.29, 1.82) is 0 Å². The third-order valence-electron chi connectivity index (χ3n) is 1.89. The highest BCUT2D eigenvalue weighted by atomic mass is 16.2. The van der Waals surface area contributed by atoms with Crippen LogP contribution in [-0.2, 0) is 4.79 Å². The van der Waals surface area contributed by atoms with Gasteiger partial charge in [0.05, 0.1) is 0 Å². The normalized spacial score (nSPS) is 9.92. The van der Waals surface area contributed by atoms with E-state index in [2.05, 4.69) is 0 Å². The van der Waals surface area contributed by atoms with E-state index in [1.54, 1.807) is 0 Å². The summed E-state index contributed by atoms with van der Waals surface area (Å²) in [7, 11) is 0. The summed E-state index contributed by atoms with van der Waals surface area (Å²) in [5.41, 5.74) is 4.78. The number of hydrogen-bond donors (Lipinski definition) is 2. The van der Waals surface area contributed by atoms with E-state index in [1.165, 1.54) is 0 Å². The zero-order valence-corrected chi connectivity index (χ0v) is 7.59. The molecule has 4 heteroatoms. The molecule has 0 aliphatic heterocycles. The molecule has 12 heavy (non-hydrogen) atoms. The lowest BCUT2D eigenvalue weighted by Crippen LogP contribution is -2.35. The van der Waals surface area contributed by atoms with Crippen LogP contribution < -0.4 is 11.1 Å². The maximum absolute atomic E-state index is 11.0. The summed E-state index contributed by atoms with van der Waals surface area (Å²) in [6.45, 7) is 4.04. The molecule has 0 saturated heterocycles. The molecule has 0 spiro atoms. The highest BCUT2D eigenvalue weighted by molar-refractivity contribution is 5.93. The van der Waals surface area contributed by atoms with Crippen LogP contribution in [0.15, 0.2) is 0 Å². The van der Waals surface area contributed by atoms with Gasteiger partial charge < -0.3 is 5.73 Å². The molecule has 0 saturated carbocycles. The minimum Gasteiger partial charge on any atom is -0.351 e. The highest BCUT2D eigenvalue weighted by Gasteiger charge is 2.10. The zero-order chi connectivity index (χ0) is 9.56. The Morgan fingerprint density at radius 3 is 2.17 bits per heavy atom. The number of rotatable bonds is 4. The van der Waals surface area contributed by atoms with Crippen molar-refractivity contribution in [3.05, 3.63) is 0 Å². The van der Waals surface area contributed by atoms with Crippen LogP contribution in [0.25, 0.3) is 0 Å². The lowest BCUT2D eigenvalue weighted by Gasteiger charge is -2.09. The topological polar surface area (TPSA) is 72.2 Å². The number of nitrogens with one attached hydrogen (secondary N) is 1. The molecule has 4 nitrogen and oxygen atoms in total. The molecule has 0 aromatic heterocycles. The average Bonchev–Trinajstić information content (AvgIpc) is 1.98.